The lowest BCUT2D eigenvalue weighted by Gasteiger charge is -2.26. The van der Waals surface area contributed by atoms with Gasteiger partial charge in [0.05, 0.1) is 17.6 Å². The maximum atomic E-state index is 12.9. The summed E-state index contributed by atoms with van der Waals surface area (Å²) in [6.45, 7) is 5.45. The number of hydrogen-bond donors (Lipinski definition) is 2. The van der Waals surface area contributed by atoms with E-state index in [9.17, 15) is 9.59 Å². The topological polar surface area (TPSA) is 97.6 Å². The summed E-state index contributed by atoms with van der Waals surface area (Å²) < 4.78 is 7.10. The molecule has 0 aliphatic heterocycles. The lowest BCUT2D eigenvalue weighted by Crippen LogP contribution is -2.45. The van der Waals surface area contributed by atoms with Crippen LogP contribution in [0.15, 0.2) is 48.9 Å². The van der Waals surface area contributed by atoms with Crippen molar-refractivity contribution in [1.82, 2.24) is 25.2 Å². The molecule has 1 aromatic carbocycles. The molecule has 0 radical (unpaired) electrons. The standard InChI is InChI=1S/C21H23N5O3/c1-21(2,3)29-20(28)24-18-15-7-5-4-6-13(15)10-16(18)23-19(27)14-8-9-17-25-22-12-26(17)11-14/h4-9,11-12,16,18H,10H2,1-3H3,(H,23,27)(H,24,28)/t16-,18-/m1/s1. The SMILES string of the molecule is CC(C)(C)OC(=O)N[C@@H]1c2ccccc2C[C@H]1NC(=O)c1ccc2nncn2c1. The Morgan fingerprint density at radius 3 is 2.72 bits per heavy atom. The van der Waals surface area contributed by atoms with Crippen molar-refractivity contribution in [2.24, 2.45) is 0 Å². The molecule has 1 aliphatic rings. The quantitative estimate of drug-likeness (QED) is 0.713. The normalized spacial score (nSPS) is 18.3. The van der Waals surface area contributed by atoms with Crippen LogP contribution in [0.3, 0.4) is 0 Å². The van der Waals surface area contributed by atoms with Crippen LogP contribution in [0.5, 0.6) is 0 Å². The van der Waals surface area contributed by atoms with Crippen molar-refractivity contribution in [3.05, 3.63) is 65.6 Å². The Morgan fingerprint density at radius 2 is 1.93 bits per heavy atom. The predicted molar refractivity (Wildman–Crippen MR) is 106 cm³/mol. The van der Waals surface area contributed by atoms with Gasteiger partial charge in [-0.05, 0) is 50.5 Å². The summed E-state index contributed by atoms with van der Waals surface area (Å²) in [7, 11) is 0. The third-order valence-corrected chi connectivity index (χ3v) is 4.77. The van der Waals surface area contributed by atoms with Crippen molar-refractivity contribution in [2.75, 3.05) is 0 Å². The molecule has 4 rings (SSSR count). The predicted octanol–water partition coefficient (Wildman–Crippen LogP) is 2.65. The van der Waals surface area contributed by atoms with Crippen LogP contribution in [-0.4, -0.2) is 38.2 Å². The molecule has 8 heteroatoms. The highest BCUT2D eigenvalue weighted by molar-refractivity contribution is 5.94. The van der Waals surface area contributed by atoms with E-state index in [1.165, 1.54) is 0 Å². The molecular formula is C21H23N5O3. The molecule has 29 heavy (non-hydrogen) atoms. The number of rotatable bonds is 3. The Hall–Kier alpha value is -3.42. The minimum absolute atomic E-state index is 0.227. The van der Waals surface area contributed by atoms with Crippen molar-refractivity contribution < 1.29 is 14.3 Å². The molecule has 2 amide bonds. The Bertz CT molecular complexity index is 1070. The lowest BCUT2D eigenvalue weighted by molar-refractivity contribution is 0.0491. The van der Waals surface area contributed by atoms with Crippen LogP contribution in [0.25, 0.3) is 5.65 Å². The first-order valence-electron chi connectivity index (χ1n) is 9.48. The molecule has 0 bridgehead atoms. The van der Waals surface area contributed by atoms with Crippen molar-refractivity contribution in [2.45, 2.75) is 44.9 Å². The number of ether oxygens (including phenoxy) is 1. The van der Waals surface area contributed by atoms with Gasteiger partial charge in [0.1, 0.15) is 11.9 Å². The highest BCUT2D eigenvalue weighted by Crippen LogP contribution is 2.32. The van der Waals surface area contributed by atoms with Crippen LogP contribution < -0.4 is 10.6 Å². The van der Waals surface area contributed by atoms with Gasteiger partial charge in [-0.25, -0.2) is 4.79 Å². The highest BCUT2D eigenvalue weighted by Gasteiger charge is 2.35. The lowest BCUT2D eigenvalue weighted by atomic mass is 10.1. The molecule has 0 unspecified atom stereocenters. The van der Waals surface area contributed by atoms with Gasteiger partial charge in [-0.3, -0.25) is 9.20 Å². The van der Waals surface area contributed by atoms with Crippen molar-refractivity contribution in [3.8, 4) is 0 Å². The number of benzene rings is 1. The van der Waals surface area contributed by atoms with E-state index in [1.54, 1.807) is 29.1 Å². The fourth-order valence-corrected chi connectivity index (χ4v) is 3.56. The maximum absolute atomic E-state index is 12.9. The molecule has 0 spiro atoms. The molecule has 0 saturated heterocycles. The second-order valence-electron chi connectivity index (χ2n) is 8.12. The maximum Gasteiger partial charge on any atom is 0.408 e. The second-order valence-corrected chi connectivity index (χ2v) is 8.12. The number of fused-ring (bicyclic) bond motifs is 2. The molecule has 2 heterocycles. The molecule has 1 aliphatic carbocycles. The third kappa shape index (κ3) is 4.06. The van der Waals surface area contributed by atoms with Crippen LogP contribution >= 0.6 is 0 Å². The Kier molecular flexibility index (Phi) is 4.70. The van der Waals surface area contributed by atoms with Crippen LogP contribution in [0.2, 0.25) is 0 Å². The van der Waals surface area contributed by atoms with Gasteiger partial charge in [-0.2, -0.15) is 0 Å². The summed E-state index contributed by atoms with van der Waals surface area (Å²) in [6, 6.07) is 10.6. The van der Waals surface area contributed by atoms with Crippen molar-refractivity contribution in [1.29, 1.82) is 0 Å². The number of nitrogens with zero attached hydrogens (tertiary/aromatic N) is 3. The Morgan fingerprint density at radius 1 is 1.14 bits per heavy atom. The molecule has 2 atom stereocenters. The zero-order valence-corrected chi connectivity index (χ0v) is 16.5. The average molecular weight is 393 g/mol. The van der Waals surface area contributed by atoms with E-state index >= 15 is 0 Å². The van der Waals surface area contributed by atoms with E-state index < -0.39 is 11.7 Å². The largest absolute Gasteiger partial charge is 0.444 e. The van der Waals surface area contributed by atoms with Crippen LogP contribution in [0.4, 0.5) is 4.79 Å². The van der Waals surface area contributed by atoms with E-state index in [0.717, 1.165) is 11.1 Å². The van der Waals surface area contributed by atoms with Crippen molar-refractivity contribution in [3.63, 3.8) is 0 Å². The molecule has 2 N–H and O–H groups in total. The summed E-state index contributed by atoms with van der Waals surface area (Å²) in [5, 5.41) is 13.7. The van der Waals surface area contributed by atoms with Gasteiger partial charge in [-0.1, -0.05) is 24.3 Å². The summed E-state index contributed by atoms with van der Waals surface area (Å²) in [6.07, 6.45) is 3.34. The second kappa shape index (κ2) is 7.20. The smallest absolute Gasteiger partial charge is 0.408 e. The van der Waals surface area contributed by atoms with Gasteiger partial charge in [0.15, 0.2) is 5.65 Å². The van der Waals surface area contributed by atoms with Crippen LogP contribution in [0.1, 0.15) is 48.3 Å². The van der Waals surface area contributed by atoms with E-state index in [0.29, 0.717) is 17.6 Å². The van der Waals surface area contributed by atoms with E-state index in [2.05, 4.69) is 20.8 Å². The van der Waals surface area contributed by atoms with Crippen LogP contribution in [-0.2, 0) is 11.2 Å². The number of aromatic nitrogens is 3. The molecule has 8 nitrogen and oxygen atoms in total. The fraction of sp³-hybridized carbons (Fsp3) is 0.333. The monoisotopic (exact) mass is 393 g/mol. The highest BCUT2D eigenvalue weighted by atomic mass is 16.6. The molecule has 150 valence electrons. The third-order valence-electron chi connectivity index (χ3n) is 4.77. The Labute approximate surface area is 168 Å². The summed E-state index contributed by atoms with van der Waals surface area (Å²) in [4.78, 5) is 25.2. The van der Waals surface area contributed by atoms with Gasteiger partial charge < -0.3 is 15.4 Å². The average Bonchev–Trinajstić information content (AvgIpc) is 3.24. The van der Waals surface area contributed by atoms with Crippen LogP contribution in [0, 0.1) is 0 Å². The first-order chi connectivity index (χ1) is 13.8. The molecule has 2 aromatic heterocycles. The zero-order valence-electron chi connectivity index (χ0n) is 16.5. The zero-order chi connectivity index (χ0) is 20.6. The van der Waals surface area contributed by atoms with Gasteiger partial charge in [0.25, 0.3) is 5.91 Å². The van der Waals surface area contributed by atoms with Gasteiger partial charge in [-0.15, -0.1) is 10.2 Å². The van der Waals surface area contributed by atoms with Gasteiger partial charge in [0.2, 0.25) is 0 Å². The van der Waals surface area contributed by atoms with Gasteiger partial charge in [0, 0.05) is 6.20 Å². The number of amides is 2. The number of hydrogen-bond acceptors (Lipinski definition) is 5. The summed E-state index contributed by atoms with van der Waals surface area (Å²) in [5.41, 5.74) is 2.63. The van der Waals surface area contributed by atoms with E-state index in [-0.39, 0.29) is 18.0 Å². The minimum Gasteiger partial charge on any atom is -0.444 e. The fourth-order valence-electron chi connectivity index (χ4n) is 3.56. The summed E-state index contributed by atoms with van der Waals surface area (Å²) in [5.74, 6) is -0.227. The molecule has 3 aromatic rings. The number of nitrogens with one attached hydrogen (secondary N) is 2. The first-order valence-corrected chi connectivity index (χ1v) is 9.48. The number of pyridine rings is 1. The number of carbonyl (C=O) groups excluding carboxylic acids is 2. The van der Waals surface area contributed by atoms with Crippen molar-refractivity contribution >= 4 is 17.6 Å². The molecule has 0 saturated carbocycles. The van der Waals surface area contributed by atoms with E-state index in [1.807, 2.05) is 45.0 Å². The molecule has 0 fully saturated rings. The van der Waals surface area contributed by atoms with E-state index in [4.69, 9.17) is 4.74 Å². The first kappa shape index (κ1) is 18.9. The summed E-state index contributed by atoms with van der Waals surface area (Å²) >= 11 is 0. The number of carbonyl (C=O) groups is 2. The Balaban J connectivity index is 1.54. The number of alkyl carbamates (subject to hydrolysis) is 1. The minimum atomic E-state index is -0.602. The van der Waals surface area contributed by atoms with Gasteiger partial charge >= 0.3 is 6.09 Å². The molecular weight excluding hydrogens is 370 g/mol.